The van der Waals surface area contributed by atoms with E-state index in [9.17, 15) is 36.3 Å². The lowest BCUT2D eigenvalue weighted by Gasteiger charge is -2.40. The number of likely N-dealkylation sites (tertiary alicyclic amines) is 1. The van der Waals surface area contributed by atoms with Crippen molar-refractivity contribution in [2.24, 2.45) is 0 Å². The largest absolute Gasteiger partial charge is 0.484 e. The van der Waals surface area contributed by atoms with Crippen molar-refractivity contribution in [3.8, 4) is 5.75 Å². The summed E-state index contributed by atoms with van der Waals surface area (Å²) in [7, 11) is -4.27. The Morgan fingerprint density at radius 3 is 2.26 bits per heavy atom. The molecule has 4 rings (SSSR count). The van der Waals surface area contributed by atoms with Gasteiger partial charge in [0.2, 0.25) is 5.91 Å². The number of hydrogen-bond acceptors (Lipinski definition) is 5. The van der Waals surface area contributed by atoms with Gasteiger partial charge in [-0.05, 0) is 49.1 Å². The number of alkyl halides is 3. The number of carboxylic acid groups (broad SMARTS) is 1. The smallest absolute Gasteiger partial charge is 0.422 e. The maximum absolute atomic E-state index is 14.1. The van der Waals surface area contributed by atoms with Crippen molar-refractivity contribution in [2.45, 2.75) is 66.3 Å². The number of amides is 1. The Kier molecular flexibility index (Phi) is 8.45. The van der Waals surface area contributed by atoms with Gasteiger partial charge in [-0.15, -0.1) is 0 Å². The van der Waals surface area contributed by atoms with Crippen LogP contribution in [-0.2, 0) is 24.8 Å². The number of nitrogens with zero attached hydrogens (tertiary/aromatic N) is 1. The summed E-state index contributed by atoms with van der Waals surface area (Å²) in [4.78, 5) is 27.1. The maximum atomic E-state index is 14.1. The van der Waals surface area contributed by atoms with Crippen LogP contribution >= 0.6 is 23.2 Å². The first-order valence-electron chi connectivity index (χ1n) is 12.3. The second kappa shape index (κ2) is 11.2. The molecule has 212 valence electrons. The Balaban J connectivity index is 1.63. The number of aliphatic carboxylic acids is 1. The van der Waals surface area contributed by atoms with Gasteiger partial charge in [-0.1, -0.05) is 54.6 Å². The molecule has 1 aliphatic heterocycles. The summed E-state index contributed by atoms with van der Waals surface area (Å²) in [5.41, 5.74) is -0.311. The van der Waals surface area contributed by atoms with Crippen molar-refractivity contribution >= 4 is 44.9 Å². The topological polar surface area (TPSA) is 101 Å². The fourth-order valence-electron chi connectivity index (χ4n) is 5.45. The number of carbonyl (C=O) groups is 2. The highest BCUT2D eigenvalue weighted by Gasteiger charge is 2.52. The quantitative estimate of drug-likeness (QED) is 0.435. The molecule has 39 heavy (non-hydrogen) atoms. The van der Waals surface area contributed by atoms with Gasteiger partial charge < -0.3 is 14.7 Å². The summed E-state index contributed by atoms with van der Waals surface area (Å²) in [6.45, 7) is -1.94. The Hall–Kier alpha value is -2.50. The van der Waals surface area contributed by atoms with Crippen molar-refractivity contribution in [1.82, 2.24) is 4.90 Å². The summed E-state index contributed by atoms with van der Waals surface area (Å²) < 4.78 is 69.1. The fourth-order valence-corrected chi connectivity index (χ4v) is 7.81. The molecule has 0 unspecified atom stereocenters. The van der Waals surface area contributed by atoms with Gasteiger partial charge in [0.05, 0.1) is 20.6 Å². The van der Waals surface area contributed by atoms with Gasteiger partial charge in [0.1, 0.15) is 11.8 Å². The molecule has 1 amide bonds. The van der Waals surface area contributed by atoms with Crippen LogP contribution in [0.5, 0.6) is 5.75 Å². The van der Waals surface area contributed by atoms with Crippen LogP contribution in [0.25, 0.3) is 0 Å². The first kappa shape index (κ1) is 29.5. The Labute approximate surface area is 233 Å². The third kappa shape index (κ3) is 6.15. The predicted octanol–water partition coefficient (Wildman–Crippen LogP) is 5.66. The molecule has 0 spiro atoms. The predicted molar refractivity (Wildman–Crippen MR) is 138 cm³/mol. The lowest BCUT2D eigenvalue weighted by atomic mass is 9.68. The van der Waals surface area contributed by atoms with E-state index in [-0.39, 0.29) is 28.6 Å². The second-order valence-electron chi connectivity index (χ2n) is 9.86. The standard InChI is InChI=1S/C26H26Cl2F3NO6S/c27-17-6-4-16(5-7-17)25(10-2-1-3-11-25)24(35)32-14-19(13-21(32)23(33)34)39(36,37)22-9-8-18(12-20(22)28)38-15-26(29,30)31/h4-9,12,19,21H,1-3,10-11,13-15H2,(H,33,34)/t19-,21+/m1/s1. The summed E-state index contributed by atoms with van der Waals surface area (Å²) >= 11 is 12.2. The van der Waals surface area contributed by atoms with Crippen molar-refractivity contribution in [3.05, 3.63) is 58.1 Å². The highest BCUT2D eigenvalue weighted by molar-refractivity contribution is 7.92. The first-order valence-corrected chi connectivity index (χ1v) is 14.6. The molecular weight excluding hydrogens is 582 g/mol. The van der Waals surface area contributed by atoms with E-state index in [0.29, 0.717) is 23.4 Å². The van der Waals surface area contributed by atoms with Gasteiger partial charge in [-0.3, -0.25) is 4.79 Å². The molecule has 1 saturated heterocycles. The number of hydrogen-bond donors (Lipinski definition) is 1. The minimum atomic E-state index is -4.59. The van der Waals surface area contributed by atoms with Crippen LogP contribution in [0, 0.1) is 0 Å². The van der Waals surface area contributed by atoms with Gasteiger partial charge in [0.25, 0.3) is 0 Å². The van der Waals surface area contributed by atoms with E-state index in [1.165, 1.54) is 0 Å². The van der Waals surface area contributed by atoms with Crippen LogP contribution in [0.3, 0.4) is 0 Å². The zero-order valence-electron chi connectivity index (χ0n) is 20.6. The molecular formula is C26H26Cl2F3NO6S. The summed E-state index contributed by atoms with van der Waals surface area (Å²) in [6.07, 6.45) is -1.56. The summed E-state index contributed by atoms with van der Waals surface area (Å²) in [6, 6.07) is 8.48. The lowest BCUT2D eigenvalue weighted by Crippen LogP contribution is -2.51. The van der Waals surface area contributed by atoms with Crippen LogP contribution in [0.2, 0.25) is 10.0 Å². The third-order valence-electron chi connectivity index (χ3n) is 7.37. The number of benzene rings is 2. The molecule has 0 aromatic heterocycles. The van der Waals surface area contributed by atoms with E-state index in [1.54, 1.807) is 24.3 Å². The number of rotatable bonds is 7. The molecule has 2 aromatic rings. The SMILES string of the molecule is O=C(O)[C@@H]1C[C@@H](S(=O)(=O)c2ccc(OCC(F)(F)F)cc2Cl)CN1C(=O)C1(c2ccc(Cl)cc2)CCCCC1. The molecule has 1 N–H and O–H groups in total. The molecule has 13 heteroatoms. The van der Waals surface area contributed by atoms with Crippen LogP contribution in [0.4, 0.5) is 13.2 Å². The van der Waals surface area contributed by atoms with Crippen molar-refractivity contribution in [2.75, 3.05) is 13.2 Å². The zero-order chi connectivity index (χ0) is 28.6. The van der Waals surface area contributed by atoms with Gasteiger partial charge in [0.15, 0.2) is 16.4 Å². The average Bonchev–Trinajstić information content (AvgIpc) is 3.34. The fraction of sp³-hybridized carbons (Fsp3) is 0.462. The minimum Gasteiger partial charge on any atom is -0.484 e. The molecule has 0 radical (unpaired) electrons. The number of sulfone groups is 1. The molecule has 1 heterocycles. The van der Waals surface area contributed by atoms with E-state index >= 15 is 0 Å². The van der Waals surface area contributed by atoms with E-state index in [0.717, 1.165) is 42.4 Å². The molecule has 2 fully saturated rings. The summed E-state index contributed by atoms with van der Waals surface area (Å²) in [5, 5.41) is 8.79. The van der Waals surface area contributed by atoms with Crippen molar-refractivity contribution in [3.63, 3.8) is 0 Å². The summed E-state index contributed by atoms with van der Waals surface area (Å²) in [5.74, 6) is -2.05. The molecule has 1 aliphatic carbocycles. The van der Waals surface area contributed by atoms with E-state index in [4.69, 9.17) is 23.2 Å². The van der Waals surface area contributed by atoms with Gasteiger partial charge in [0, 0.05) is 17.6 Å². The molecule has 2 atom stereocenters. The number of carbonyl (C=O) groups excluding carboxylic acids is 1. The second-order valence-corrected chi connectivity index (χ2v) is 12.9. The third-order valence-corrected chi connectivity index (χ3v) is 10.2. The van der Waals surface area contributed by atoms with Crippen LogP contribution in [-0.4, -0.2) is 60.9 Å². The van der Waals surface area contributed by atoms with E-state index < -0.39 is 51.2 Å². The monoisotopic (exact) mass is 607 g/mol. The Morgan fingerprint density at radius 1 is 1.05 bits per heavy atom. The lowest BCUT2D eigenvalue weighted by molar-refractivity contribution is -0.153. The Morgan fingerprint density at radius 2 is 1.69 bits per heavy atom. The van der Waals surface area contributed by atoms with Crippen molar-refractivity contribution < 1.29 is 41.0 Å². The highest BCUT2D eigenvalue weighted by atomic mass is 35.5. The normalized spacial score (nSPS) is 21.5. The zero-order valence-corrected chi connectivity index (χ0v) is 22.9. The molecule has 2 aromatic carbocycles. The average molecular weight is 608 g/mol. The minimum absolute atomic E-state index is 0.273. The van der Waals surface area contributed by atoms with E-state index in [1.807, 2.05) is 0 Å². The number of carboxylic acids is 1. The van der Waals surface area contributed by atoms with Crippen LogP contribution < -0.4 is 4.74 Å². The van der Waals surface area contributed by atoms with Gasteiger partial charge in [-0.25, -0.2) is 13.2 Å². The maximum Gasteiger partial charge on any atom is 0.422 e. The molecule has 7 nitrogen and oxygen atoms in total. The Bertz CT molecular complexity index is 1340. The molecule has 0 bridgehead atoms. The van der Waals surface area contributed by atoms with Gasteiger partial charge in [-0.2, -0.15) is 13.2 Å². The van der Waals surface area contributed by atoms with Gasteiger partial charge >= 0.3 is 12.1 Å². The molecule has 1 saturated carbocycles. The van der Waals surface area contributed by atoms with Crippen LogP contribution in [0.1, 0.15) is 44.1 Å². The highest BCUT2D eigenvalue weighted by Crippen LogP contribution is 2.44. The number of halogens is 5. The molecule has 2 aliphatic rings. The number of ether oxygens (including phenoxy) is 1. The van der Waals surface area contributed by atoms with Crippen LogP contribution in [0.15, 0.2) is 47.4 Å². The van der Waals surface area contributed by atoms with Crippen molar-refractivity contribution in [1.29, 1.82) is 0 Å². The van der Waals surface area contributed by atoms with E-state index in [2.05, 4.69) is 4.74 Å². The first-order chi connectivity index (χ1) is 18.2.